The molecule has 0 aliphatic carbocycles. The van der Waals surface area contributed by atoms with Crippen LogP contribution in [0.2, 0.25) is 0 Å². The predicted octanol–water partition coefficient (Wildman–Crippen LogP) is 3.50. The quantitative estimate of drug-likeness (QED) is 0.376. The van der Waals surface area contributed by atoms with Crippen LogP contribution in [0.5, 0.6) is 5.75 Å². The van der Waals surface area contributed by atoms with Gasteiger partial charge in [0.15, 0.2) is 0 Å². The number of pyridine rings is 2. The molecule has 3 aromatic rings. The monoisotopic (exact) mass is 415 g/mol. The van der Waals surface area contributed by atoms with E-state index >= 15 is 0 Å². The zero-order valence-electron chi connectivity index (χ0n) is 16.9. The van der Waals surface area contributed by atoms with Crippen molar-refractivity contribution in [1.29, 1.82) is 0 Å². The molecule has 7 nitrogen and oxygen atoms in total. The Bertz CT molecular complexity index is 1130. The fraction of sp³-hybridized carbons (Fsp3) is 0.167. The van der Waals surface area contributed by atoms with Crippen molar-refractivity contribution < 1.29 is 19.4 Å². The van der Waals surface area contributed by atoms with Crippen molar-refractivity contribution in [2.24, 2.45) is 0 Å². The summed E-state index contributed by atoms with van der Waals surface area (Å²) >= 11 is 0. The van der Waals surface area contributed by atoms with Crippen molar-refractivity contribution in [2.45, 2.75) is 19.5 Å². The topological polar surface area (TPSA) is 92.6 Å². The summed E-state index contributed by atoms with van der Waals surface area (Å²) in [5, 5.41) is 11.1. The summed E-state index contributed by atoms with van der Waals surface area (Å²) in [5.74, 6) is -1.10. The van der Waals surface area contributed by atoms with Gasteiger partial charge in [-0.2, -0.15) is 0 Å². The molecule has 4 rings (SSSR count). The van der Waals surface area contributed by atoms with E-state index in [4.69, 9.17) is 4.74 Å². The summed E-state index contributed by atoms with van der Waals surface area (Å²) in [6, 6.07) is 13.1. The van der Waals surface area contributed by atoms with Crippen molar-refractivity contribution in [1.82, 2.24) is 14.9 Å². The molecule has 1 aliphatic heterocycles. The minimum atomic E-state index is -0.773. The van der Waals surface area contributed by atoms with Crippen LogP contribution in [0.1, 0.15) is 29.7 Å². The Labute approximate surface area is 179 Å². The number of carbonyl (C=O) groups excluding carboxylic acids is 2. The van der Waals surface area contributed by atoms with E-state index in [0.717, 1.165) is 5.56 Å². The molecule has 7 heteroatoms. The predicted molar refractivity (Wildman–Crippen MR) is 114 cm³/mol. The van der Waals surface area contributed by atoms with Crippen LogP contribution in [-0.2, 0) is 16.1 Å². The van der Waals surface area contributed by atoms with Gasteiger partial charge in [0.1, 0.15) is 11.5 Å². The average molecular weight is 415 g/mol. The molecule has 1 saturated heterocycles. The summed E-state index contributed by atoms with van der Waals surface area (Å²) in [6.45, 7) is 2.50. The molecule has 1 N–H and O–H groups in total. The number of Topliss-reactive ketones (excluding diaryl/α,β-unsaturated/α-hetero) is 1. The molecule has 0 radical (unpaired) electrons. The zero-order chi connectivity index (χ0) is 21.8. The van der Waals surface area contributed by atoms with E-state index < -0.39 is 17.7 Å². The van der Waals surface area contributed by atoms with Gasteiger partial charge in [0.05, 0.1) is 18.2 Å². The molecule has 31 heavy (non-hydrogen) atoms. The van der Waals surface area contributed by atoms with Crippen LogP contribution in [0, 0.1) is 0 Å². The lowest BCUT2D eigenvalue weighted by Crippen LogP contribution is -2.29. The Kier molecular flexibility index (Phi) is 5.75. The van der Waals surface area contributed by atoms with Gasteiger partial charge in [-0.25, -0.2) is 0 Å². The van der Waals surface area contributed by atoms with E-state index in [0.29, 0.717) is 23.5 Å². The third kappa shape index (κ3) is 4.02. The summed E-state index contributed by atoms with van der Waals surface area (Å²) in [5.41, 5.74) is 1.83. The number of carbonyl (C=O) groups is 2. The maximum Gasteiger partial charge on any atom is 0.295 e. The van der Waals surface area contributed by atoms with Gasteiger partial charge in [0.2, 0.25) is 0 Å². The highest BCUT2D eigenvalue weighted by Gasteiger charge is 2.46. The van der Waals surface area contributed by atoms with Crippen LogP contribution >= 0.6 is 0 Å². The first-order chi connectivity index (χ1) is 15.1. The number of hydrogen-bond donors (Lipinski definition) is 1. The Morgan fingerprint density at radius 1 is 1.06 bits per heavy atom. The van der Waals surface area contributed by atoms with Crippen LogP contribution in [0.3, 0.4) is 0 Å². The van der Waals surface area contributed by atoms with Crippen molar-refractivity contribution >= 4 is 17.4 Å². The van der Waals surface area contributed by atoms with E-state index in [2.05, 4.69) is 9.97 Å². The molecular weight excluding hydrogens is 394 g/mol. The summed E-state index contributed by atoms with van der Waals surface area (Å²) in [7, 11) is 0. The highest BCUT2D eigenvalue weighted by atomic mass is 16.5. The smallest absolute Gasteiger partial charge is 0.295 e. The fourth-order valence-corrected chi connectivity index (χ4v) is 3.67. The first-order valence-electron chi connectivity index (χ1n) is 9.90. The van der Waals surface area contributed by atoms with Crippen LogP contribution in [-0.4, -0.2) is 38.3 Å². The molecule has 0 saturated carbocycles. The molecular formula is C24H21N3O4. The lowest BCUT2D eigenvalue weighted by molar-refractivity contribution is -0.140. The number of nitrogens with zero attached hydrogens (tertiary/aromatic N) is 3. The van der Waals surface area contributed by atoms with Gasteiger partial charge in [-0.1, -0.05) is 24.3 Å². The number of hydrogen-bond acceptors (Lipinski definition) is 6. The minimum absolute atomic E-state index is 0.0236. The van der Waals surface area contributed by atoms with Gasteiger partial charge < -0.3 is 14.7 Å². The molecule has 156 valence electrons. The number of benzene rings is 1. The van der Waals surface area contributed by atoms with Crippen LogP contribution in [0.4, 0.5) is 0 Å². The summed E-state index contributed by atoms with van der Waals surface area (Å²) in [4.78, 5) is 35.7. The maximum atomic E-state index is 13.0. The Morgan fingerprint density at radius 2 is 1.84 bits per heavy atom. The van der Waals surface area contributed by atoms with Gasteiger partial charge in [-0.05, 0) is 42.3 Å². The van der Waals surface area contributed by atoms with Gasteiger partial charge in [0.25, 0.3) is 11.7 Å². The first-order valence-corrected chi connectivity index (χ1v) is 9.90. The third-order valence-corrected chi connectivity index (χ3v) is 5.03. The highest BCUT2D eigenvalue weighted by Crippen LogP contribution is 2.40. The standard InChI is InChI=1S/C24H21N3O4/c1-2-31-19-9-3-7-17(12-19)22(28)20-21(18-8-5-11-26-14-18)27(24(30)23(20)29)15-16-6-4-10-25-13-16/h3-14,21,28H,2,15H2,1H3/b22-20-. The van der Waals surface area contributed by atoms with Crippen LogP contribution in [0.15, 0.2) is 78.9 Å². The van der Waals surface area contributed by atoms with Gasteiger partial charge in [0, 0.05) is 36.9 Å². The maximum absolute atomic E-state index is 13.0. The number of likely N-dealkylation sites (tertiary alicyclic amines) is 1. The van der Waals surface area contributed by atoms with E-state index in [1.54, 1.807) is 67.3 Å². The second-order valence-corrected chi connectivity index (χ2v) is 7.04. The van der Waals surface area contributed by atoms with E-state index in [9.17, 15) is 14.7 Å². The lowest BCUT2D eigenvalue weighted by atomic mass is 9.96. The van der Waals surface area contributed by atoms with Crippen molar-refractivity contribution in [2.75, 3.05) is 6.61 Å². The fourth-order valence-electron chi connectivity index (χ4n) is 3.67. The number of aliphatic hydroxyl groups is 1. The van der Waals surface area contributed by atoms with Crippen molar-refractivity contribution in [3.8, 4) is 5.75 Å². The first kappa shape index (κ1) is 20.3. The number of aromatic nitrogens is 2. The Balaban J connectivity index is 1.83. The van der Waals surface area contributed by atoms with Crippen molar-refractivity contribution in [3.05, 3.63) is 95.6 Å². The lowest BCUT2D eigenvalue weighted by Gasteiger charge is -2.25. The van der Waals surface area contributed by atoms with E-state index in [1.165, 1.54) is 4.90 Å². The third-order valence-electron chi connectivity index (χ3n) is 5.03. The van der Waals surface area contributed by atoms with E-state index in [-0.39, 0.29) is 17.9 Å². The molecule has 0 spiro atoms. The van der Waals surface area contributed by atoms with Gasteiger partial charge >= 0.3 is 0 Å². The molecule has 1 fully saturated rings. The summed E-state index contributed by atoms with van der Waals surface area (Å²) < 4.78 is 5.51. The number of ether oxygens (including phenoxy) is 1. The zero-order valence-corrected chi connectivity index (χ0v) is 16.9. The highest BCUT2D eigenvalue weighted by molar-refractivity contribution is 6.46. The van der Waals surface area contributed by atoms with Crippen LogP contribution < -0.4 is 4.74 Å². The van der Waals surface area contributed by atoms with E-state index in [1.807, 2.05) is 13.0 Å². The number of rotatable bonds is 6. The molecule has 1 atom stereocenters. The minimum Gasteiger partial charge on any atom is -0.507 e. The van der Waals surface area contributed by atoms with Crippen molar-refractivity contribution in [3.63, 3.8) is 0 Å². The average Bonchev–Trinajstić information content (AvgIpc) is 3.05. The second-order valence-electron chi connectivity index (χ2n) is 7.04. The summed E-state index contributed by atoms with van der Waals surface area (Å²) in [6.07, 6.45) is 6.49. The van der Waals surface area contributed by atoms with Gasteiger partial charge in [-0.3, -0.25) is 19.6 Å². The molecule has 1 aromatic carbocycles. The number of amides is 1. The molecule has 1 unspecified atom stereocenters. The Morgan fingerprint density at radius 3 is 2.52 bits per heavy atom. The van der Waals surface area contributed by atoms with Gasteiger partial charge in [-0.15, -0.1) is 0 Å². The number of aliphatic hydroxyl groups excluding tert-OH is 1. The normalized spacial score (nSPS) is 17.7. The largest absolute Gasteiger partial charge is 0.507 e. The molecule has 1 amide bonds. The molecule has 1 aliphatic rings. The molecule has 2 aromatic heterocycles. The Hall–Kier alpha value is -4.00. The molecule has 0 bridgehead atoms. The second kappa shape index (κ2) is 8.79. The molecule has 3 heterocycles. The number of ketones is 1. The SMILES string of the molecule is CCOc1cccc(/C(O)=C2/C(=O)C(=O)N(Cc3cccnc3)C2c2cccnc2)c1. The van der Waals surface area contributed by atoms with Crippen LogP contribution in [0.25, 0.3) is 5.76 Å².